The standard InChI is InChI=1S/C20H19F5N6O5S/c1-2-37(33,34)18-15(12-7-28-14(8-27-12)35-10-19(21,22)20(23,24)25)16-26-6-5-13(31(16)29-18)17(32)30-36-9-11-3-4-11/h5-8,11H,2-4,9-10H2,1H3,(H,30,32). The molecule has 0 radical (unpaired) electrons. The van der Waals surface area contributed by atoms with Gasteiger partial charge in [0.2, 0.25) is 5.88 Å². The SMILES string of the molecule is CCS(=O)(=O)c1nn2c(C(=O)NOCC3CC3)ccnc2c1-c1cnc(OCC(F)(F)C(F)(F)F)cn1. The van der Waals surface area contributed by atoms with Crippen LogP contribution in [0.2, 0.25) is 0 Å². The number of rotatable bonds is 10. The average molecular weight is 550 g/mol. The van der Waals surface area contributed by atoms with E-state index in [1.54, 1.807) is 0 Å². The number of hydrogen-bond donors (Lipinski definition) is 1. The van der Waals surface area contributed by atoms with Gasteiger partial charge in [-0.3, -0.25) is 9.63 Å². The minimum absolute atomic E-state index is 0.103. The number of halogens is 5. The summed E-state index contributed by atoms with van der Waals surface area (Å²) in [5.41, 5.74) is 1.73. The van der Waals surface area contributed by atoms with Crippen LogP contribution in [0.4, 0.5) is 22.0 Å². The lowest BCUT2D eigenvalue weighted by molar-refractivity contribution is -0.290. The maximum atomic E-state index is 13.1. The highest BCUT2D eigenvalue weighted by atomic mass is 32.2. The molecule has 11 nitrogen and oxygen atoms in total. The molecule has 0 bridgehead atoms. The molecule has 1 fully saturated rings. The minimum Gasteiger partial charge on any atom is -0.470 e. The summed E-state index contributed by atoms with van der Waals surface area (Å²) in [7, 11) is -4.02. The van der Waals surface area contributed by atoms with Crippen molar-refractivity contribution in [1.29, 1.82) is 0 Å². The third kappa shape index (κ3) is 5.61. The number of hydrogen-bond acceptors (Lipinski definition) is 9. The van der Waals surface area contributed by atoms with Crippen LogP contribution in [0.3, 0.4) is 0 Å². The first-order valence-electron chi connectivity index (χ1n) is 10.8. The zero-order chi connectivity index (χ0) is 27.0. The first-order valence-corrected chi connectivity index (χ1v) is 12.4. The highest BCUT2D eigenvalue weighted by molar-refractivity contribution is 7.91. The fourth-order valence-corrected chi connectivity index (χ4v) is 3.99. The van der Waals surface area contributed by atoms with Gasteiger partial charge in [0.25, 0.3) is 5.91 Å². The van der Waals surface area contributed by atoms with Crippen LogP contribution in [0.1, 0.15) is 30.3 Å². The van der Waals surface area contributed by atoms with E-state index in [9.17, 15) is 35.2 Å². The van der Waals surface area contributed by atoms with Gasteiger partial charge in [-0.2, -0.15) is 27.1 Å². The molecule has 1 N–H and O–H groups in total. The summed E-state index contributed by atoms with van der Waals surface area (Å²) in [5.74, 6) is -6.52. The third-order valence-corrected chi connectivity index (χ3v) is 6.91. The highest BCUT2D eigenvalue weighted by Gasteiger charge is 2.58. The topological polar surface area (TPSA) is 138 Å². The summed E-state index contributed by atoms with van der Waals surface area (Å²) in [6.45, 7) is -0.350. The molecule has 3 aromatic rings. The van der Waals surface area contributed by atoms with Crippen LogP contribution in [-0.4, -0.2) is 70.0 Å². The van der Waals surface area contributed by atoms with Crippen LogP contribution in [0, 0.1) is 5.92 Å². The van der Waals surface area contributed by atoms with Crippen molar-refractivity contribution in [3.05, 3.63) is 30.4 Å². The molecule has 4 rings (SSSR count). The van der Waals surface area contributed by atoms with Crippen molar-refractivity contribution in [2.45, 2.75) is 36.9 Å². The smallest absolute Gasteiger partial charge is 0.456 e. The molecular weight excluding hydrogens is 531 g/mol. The van der Waals surface area contributed by atoms with E-state index in [2.05, 4.69) is 30.3 Å². The number of amides is 1. The molecule has 1 aliphatic carbocycles. The van der Waals surface area contributed by atoms with Crippen molar-refractivity contribution in [3.8, 4) is 17.1 Å². The number of nitrogens with one attached hydrogen (secondary N) is 1. The summed E-state index contributed by atoms with van der Waals surface area (Å²) in [5, 5.41) is 3.56. The molecule has 1 aliphatic rings. The lowest BCUT2D eigenvalue weighted by Crippen LogP contribution is -2.41. The van der Waals surface area contributed by atoms with Crippen molar-refractivity contribution in [2.75, 3.05) is 19.0 Å². The van der Waals surface area contributed by atoms with Crippen LogP contribution < -0.4 is 10.2 Å². The van der Waals surface area contributed by atoms with Gasteiger partial charge in [-0.1, -0.05) is 6.92 Å². The van der Waals surface area contributed by atoms with Crippen LogP contribution in [0.15, 0.2) is 29.7 Å². The first-order chi connectivity index (χ1) is 17.3. The molecular formula is C20H19F5N6O5S. The van der Waals surface area contributed by atoms with Gasteiger partial charge in [0, 0.05) is 6.20 Å². The summed E-state index contributed by atoms with van der Waals surface area (Å²) in [6, 6.07) is 1.28. The number of fused-ring (bicyclic) bond motifs is 1. The van der Waals surface area contributed by atoms with Crippen molar-refractivity contribution in [3.63, 3.8) is 0 Å². The van der Waals surface area contributed by atoms with Crippen LogP contribution >= 0.6 is 0 Å². The summed E-state index contributed by atoms with van der Waals surface area (Å²) in [6.07, 6.45) is -0.963. The Hall–Kier alpha value is -3.47. The Morgan fingerprint density at radius 2 is 1.89 bits per heavy atom. The van der Waals surface area contributed by atoms with Gasteiger partial charge in [-0.05, 0) is 24.8 Å². The fourth-order valence-electron chi connectivity index (χ4n) is 3.00. The number of aromatic nitrogens is 5. The summed E-state index contributed by atoms with van der Waals surface area (Å²) in [4.78, 5) is 29.5. The highest BCUT2D eigenvalue weighted by Crippen LogP contribution is 2.36. The van der Waals surface area contributed by atoms with Gasteiger partial charge in [-0.25, -0.2) is 33.4 Å². The Morgan fingerprint density at radius 1 is 1.16 bits per heavy atom. The number of sulfone groups is 1. The molecule has 1 amide bonds. The Balaban J connectivity index is 1.68. The van der Waals surface area contributed by atoms with Crippen molar-refractivity contribution >= 4 is 21.4 Å². The Kier molecular flexibility index (Phi) is 7.02. The van der Waals surface area contributed by atoms with Crippen LogP contribution in [0.5, 0.6) is 5.88 Å². The van der Waals surface area contributed by atoms with E-state index < -0.39 is 45.4 Å². The fraction of sp³-hybridized carbons (Fsp3) is 0.450. The maximum absolute atomic E-state index is 13.1. The van der Waals surface area contributed by atoms with Gasteiger partial charge < -0.3 is 4.74 Å². The first kappa shape index (κ1) is 26.6. The largest absolute Gasteiger partial charge is 0.470 e. The predicted molar refractivity (Wildman–Crippen MR) is 114 cm³/mol. The monoisotopic (exact) mass is 550 g/mol. The molecule has 3 aromatic heterocycles. The maximum Gasteiger partial charge on any atom is 0.456 e. The molecule has 0 saturated heterocycles. The second kappa shape index (κ2) is 9.77. The number of carbonyl (C=O) groups excluding carboxylic acids is 1. The second-order valence-corrected chi connectivity index (χ2v) is 10.3. The van der Waals surface area contributed by atoms with Gasteiger partial charge in [-0.15, -0.1) is 0 Å². The zero-order valence-electron chi connectivity index (χ0n) is 19.0. The molecule has 0 unspecified atom stereocenters. The number of alkyl halides is 5. The van der Waals surface area contributed by atoms with Gasteiger partial charge in [0.15, 0.2) is 27.1 Å². The van der Waals surface area contributed by atoms with Gasteiger partial charge in [0.05, 0.1) is 36.0 Å². The molecule has 1 saturated carbocycles. The molecule has 0 aliphatic heterocycles. The normalized spacial score (nSPS) is 14.6. The molecule has 3 heterocycles. The number of hydroxylamine groups is 1. The molecule has 17 heteroatoms. The average Bonchev–Trinajstić information content (AvgIpc) is 3.58. The zero-order valence-corrected chi connectivity index (χ0v) is 19.8. The summed E-state index contributed by atoms with van der Waals surface area (Å²) >= 11 is 0. The number of carbonyl (C=O) groups is 1. The van der Waals surface area contributed by atoms with Crippen LogP contribution in [-0.2, 0) is 14.7 Å². The van der Waals surface area contributed by atoms with Gasteiger partial charge >= 0.3 is 12.1 Å². The van der Waals surface area contributed by atoms with E-state index in [1.165, 1.54) is 19.2 Å². The lowest BCUT2D eigenvalue weighted by atomic mass is 10.2. The molecule has 0 aromatic carbocycles. The van der Waals surface area contributed by atoms with E-state index in [1.807, 2.05) is 0 Å². The minimum atomic E-state index is -5.82. The van der Waals surface area contributed by atoms with E-state index >= 15 is 0 Å². The van der Waals surface area contributed by atoms with E-state index in [0.29, 0.717) is 12.5 Å². The van der Waals surface area contributed by atoms with Crippen LogP contribution in [0.25, 0.3) is 16.9 Å². The van der Waals surface area contributed by atoms with E-state index in [-0.39, 0.29) is 28.4 Å². The van der Waals surface area contributed by atoms with E-state index in [0.717, 1.165) is 29.8 Å². The Morgan fingerprint density at radius 3 is 2.49 bits per heavy atom. The quantitative estimate of drug-likeness (QED) is 0.298. The predicted octanol–water partition coefficient (Wildman–Crippen LogP) is 2.63. The van der Waals surface area contributed by atoms with Crippen molar-refractivity contribution in [2.24, 2.45) is 5.92 Å². The summed E-state index contributed by atoms with van der Waals surface area (Å²) < 4.78 is 94.2. The van der Waals surface area contributed by atoms with E-state index in [4.69, 9.17) is 4.84 Å². The van der Waals surface area contributed by atoms with Crippen molar-refractivity contribution < 1.29 is 44.7 Å². The Bertz CT molecular complexity index is 1410. The third-order valence-electron chi connectivity index (χ3n) is 5.27. The Labute approximate surface area is 205 Å². The molecule has 200 valence electrons. The molecule has 37 heavy (non-hydrogen) atoms. The lowest BCUT2D eigenvalue weighted by Gasteiger charge is -2.19. The second-order valence-electron chi connectivity index (χ2n) is 8.07. The van der Waals surface area contributed by atoms with Gasteiger partial charge in [0.1, 0.15) is 5.69 Å². The number of nitrogens with zero attached hydrogens (tertiary/aromatic N) is 5. The molecule has 0 spiro atoms. The molecule has 0 atom stereocenters. The number of ether oxygens (including phenoxy) is 1. The van der Waals surface area contributed by atoms with Crippen molar-refractivity contribution in [1.82, 2.24) is 30.0 Å².